The van der Waals surface area contributed by atoms with E-state index in [1.165, 1.54) is 19.2 Å². The van der Waals surface area contributed by atoms with E-state index in [0.717, 1.165) is 4.90 Å². The van der Waals surface area contributed by atoms with Gasteiger partial charge in [0.25, 0.3) is 0 Å². The highest BCUT2D eigenvalue weighted by Crippen LogP contribution is 2.28. The predicted molar refractivity (Wildman–Crippen MR) is 50.5 cm³/mol. The van der Waals surface area contributed by atoms with Gasteiger partial charge in [0.1, 0.15) is 5.82 Å². The van der Waals surface area contributed by atoms with Crippen molar-refractivity contribution < 1.29 is 14.3 Å². The molecule has 0 unspecified atom stereocenters. The zero-order chi connectivity index (χ0) is 10.0. The number of halogens is 2. The Hall–Kier alpha value is -1.10. The summed E-state index contributed by atoms with van der Waals surface area (Å²) in [6.45, 7) is 0. The van der Waals surface area contributed by atoms with Gasteiger partial charge in [-0.3, -0.25) is 4.90 Å². The molecular weight excluding hydrogens is 241 g/mol. The highest BCUT2D eigenvalue weighted by atomic mass is 79.9. The molecule has 0 spiro atoms. The van der Waals surface area contributed by atoms with Crippen molar-refractivity contribution in [3.8, 4) is 0 Å². The number of amides is 1. The first-order chi connectivity index (χ1) is 6.04. The van der Waals surface area contributed by atoms with Gasteiger partial charge in [-0.1, -0.05) is 6.07 Å². The molecule has 0 aliphatic rings. The van der Waals surface area contributed by atoms with Crippen LogP contribution in [0.15, 0.2) is 22.7 Å². The van der Waals surface area contributed by atoms with Gasteiger partial charge in [0.2, 0.25) is 0 Å². The molecule has 1 aromatic rings. The minimum atomic E-state index is -1.20. The first-order valence-corrected chi connectivity index (χ1v) is 4.24. The summed E-state index contributed by atoms with van der Waals surface area (Å²) < 4.78 is 13.5. The number of hydrogen-bond donors (Lipinski definition) is 1. The minimum Gasteiger partial charge on any atom is -0.465 e. The normalized spacial score (nSPS) is 9.77. The molecule has 3 nitrogen and oxygen atoms in total. The smallest absolute Gasteiger partial charge is 0.411 e. The molecular formula is C8H7BrFNO2. The maximum absolute atomic E-state index is 13.1. The van der Waals surface area contributed by atoms with Gasteiger partial charge in [-0.15, -0.1) is 0 Å². The number of nitrogens with zero attached hydrogens (tertiary/aromatic N) is 1. The van der Waals surface area contributed by atoms with Gasteiger partial charge in [0, 0.05) is 11.5 Å². The number of benzene rings is 1. The number of rotatable bonds is 1. The average molecular weight is 248 g/mol. The highest BCUT2D eigenvalue weighted by Gasteiger charge is 2.15. The summed E-state index contributed by atoms with van der Waals surface area (Å²) in [5, 5.41) is 8.62. The number of carbonyl (C=O) groups is 1. The molecule has 1 amide bonds. The van der Waals surface area contributed by atoms with Crippen LogP contribution in [0.4, 0.5) is 14.9 Å². The SMILES string of the molecule is CN(C(=O)O)c1c(F)cccc1Br. The Labute approximate surface area is 82.9 Å². The van der Waals surface area contributed by atoms with Crippen LogP contribution in [0.1, 0.15) is 0 Å². The monoisotopic (exact) mass is 247 g/mol. The summed E-state index contributed by atoms with van der Waals surface area (Å²) in [6.07, 6.45) is -1.20. The van der Waals surface area contributed by atoms with E-state index < -0.39 is 11.9 Å². The van der Waals surface area contributed by atoms with Crippen molar-refractivity contribution in [2.45, 2.75) is 0 Å². The molecule has 13 heavy (non-hydrogen) atoms. The number of hydrogen-bond acceptors (Lipinski definition) is 1. The van der Waals surface area contributed by atoms with Crippen LogP contribution in [0.25, 0.3) is 0 Å². The number of carboxylic acid groups (broad SMARTS) is 1. The number of para-hydroxylation sites is 1. The Morgan fingerprint density at radius 3 is 2.69 bits per heavy atom. The molecule has 1 aromatic carbocycles. The fourth-order valence-corrected chi connectivity index (χ4v) is 1.51. The topological polar surface area (TPSA) is 40.5 Å². The zero-order valence-corrected chi connectivity index (χ0v) is 8.38. The van der Waals surface area contributed by atoms with Crippen LogP contribution >= 0.6 is 15.9 Å². The fraction of sp³-hybridized carbons (Fsp3) is 0.125. The Kier molecular flexibility index (Phi) is 2.87. The van der Waals surface area contributed by atoms with E-state index in [9.17, 15) is 9.18 Å². The van der Waals surface area contributed by atoms with Crippen LogP contribution in [0.3, 0.4) is 0 Å². The first-order valence-electron chi connectivity index (χ1n) is 3.44. The van der Waals surface area contributed by atoms with Crippen LogP contribution in [0, 0.1) is 5.82 Å². The third kappa shape index (κ3) is 1.98. The third-order valence-corrected chi connectivity index (χ3v) is 2.20. The molecule has 0 aromatic heterocycles. The first kappa shape index (κ1) is 9.98. The van der Waals surface area contributed by atoms with Crippen molar-refractivity contribution in [2.75, 3.05) is 11.9 Å². The van der Waals surface area contributed by atoms with Gasteiger partial charge in [-0.2, -0.15) is 0 Å². The second kappa shape index (κ2) is 3.74. The Morgan fingerprint density at radius 2 is 2.23 bits per heavy atom. The lowest BCUT2D eigenvalue weighted by Crippen LogP contribution is -2.25. The lowest BCUT2D eigenvalue weighted by atomic mass is 10.3. The molecule has 0 fully saturated rings. The second-order valence-electron chi connectivity index (χ2n) is 2.41. The molecule has 0 saturated heterocycles. The molecule has 0 aliphatic carbocycles. The van der Waals surface area contributed by atoms with Crippen LogP contribution in [-0.4, -0.2) is 18.2 Å². The van der Waals surface area contributed by atoms with E-state index in [0.29, 0.717) is 4.47 Å². The summed E-state index contributed by atoms with van der Waals surface area (Å²) in [6, 6.07) is 4.29. The summed E-state index contributed by atoms with van der Waals surface area (Å²) in [5.74, 6) is -0.570. The quantitative estimate of drug-likeness (QED) is 0.829. The van der Waals surface area contributed by atoms with Crippen molar-refractivity contribution in [2.24, 2.45) is 0 Å². The second-order valence-corrected chi connectivity index (χ2v) is 3.27. The largest absolute Gasteiger partial charge is 0.465 e. The molecule has 0 atom stereocenters. The van der Waals surface area contributed by atoms with E-state index in [-0.39, 0.29) is 5.69 Å². The molecule has 0 saturated carbocycles. The standard InChI is InChI=1S/C8H7BrFNO2/c1-11(8(12)13)7-5(9)3-2-4-6(7)10/h2-4H,1H3,(H,12,13). The summed E-state index contributed by atoms with van der Waals surface area (Å²) >= 11 is 3.07. The third-order valence-electron chi connectivity index (χ3n) is 1.56. The van der Waals surface area contributed by atoms with Crippen molar-refractivity contribution in [1.82, 2.24) is 0 Å². The minimum absolute atomic E-state index is 0.0231. The van der Waals surface area contributed by atoms with Crippen molar-refractivity contribution >= 4 is 27.7 Å². The molecule has 1 N–H and O–H groups in total. The predicted octanol–water partition coefficient (Wildman–Crippen LogP) is 2.70. The maximum Gasteiger partial charge on any atom is 0.411 e. The lowest BCUT2D eigenvalue weighted by Gasteiger charge is -2.15. The fourth-order valence-electron chi connectivity index (χ4n) is 0.905. The van der Waals surface area contributed by atoms with Crippen molar-refractivity contribution in [3.63, 3.8) is 0 Å². The van der Waals surface area contributed by atoms with E-state index >= 15 is 0 Å². The van der Waals surface area contributed by atoms with Crippen molar-refractivity contribution in [3.05, 3.63) is 28.5 Å². The van der Waals surface area contributed by atoms with E-state index in [1.807, 2.05) is 0 Å². The Balaban J connectivity index is 3.20. The van der Waals surface area contributed by atoms with Crippen LogP contribution in [-0.2, 0) is 0 Å². The molecule has 0 radical (unpaired) electrons. The van der Waals surface area contributed by atoms with Gasteiger partial charge in [-0.25, -0.2) is 9.18 Å². The van der Waals surface area contributed by atoms with E-state index in [4.69, 9.17) is 5.11 Å². The van der Waals surface area contributed by atoms with E-state index in [1.54, 1.807) is 6.07 Å². The highest BCUT2D eigenvalue weighted by molar-refractivity contribution is 9.10. The van der Waals surface area contributed by atoms with Gasteiger partial charge in [0.05, 0.1) is 5.69 Å². The lowest BCUT2D eigenvalue weighted by molar-refractivity contribution is 0.203. The van der Waals surface area contributed by atoms with Crippen molar-refractivity contribution in [1.29, 1.82) is 0 Å². The maximum atomic E-state index is 13.1. The molecule has 5 heteroatoms. The zero-order valence-electron chi connectivity index (χ0n) is 6.79. The summed E-state index contributed by atoms with van der Waals surface area (Å²) in [4.78, 5) is 11.4. The van der Waals surface area contributed by atoms with Crippen LogP contribution in [0.2, 0.25) is 0 Å². The molecule has 0 bridgehead atoms. The van der Waals surface area contributed by atoms with Gasteiger partial charge < -0.3 is 5.11 Å². The molecule has 70 valence electrons. The molecule has 0 heterocycles. The Morgan fingerprint density at radius 1 is 1.62 bits per heavy atom. The Bertz CT molecular complexity index is 323. The number of anilines is 1. The van der Waals surface area contributed by atoms with Gasteiger partial charge in [-0.05, 0) is 28.1 Å². The van der Waals surface area contributed by atoms with E-state index in [2.05, 4.69) is 15.9 Å². The average Bonchev–Trinajstić information content (AvgIpc) is 2.03. The molecule has 1 rings (SSSR count). The van der Waals surface area contributed by atoms with Crippen LogP contribution < -0.4 is 4.90 Å². The molecule has 0 aliphatic heterocycles. The summed E-state index contributed by atoms with van der Waals surface area (Å²) in [7, 11) is 1.28. The van der Waals surface area contributed by atoms with Gasteiger partial charge in [0.15, 0.2) is 0 Å². The summed E-state index contributed by atoms with van der Waals surface area (Å²) in [5.41, 5.74) is 0.0231. The van der Waals surface area contributed by atoms with Crippen LogP contribution in [0.5, 0.6) is 0 Å². The van der Waals surface area contributed by atoms with Gasteiger partial charge >= 0.3 is 6.09 Å².